The minimum atomic E-state index is -0.763. The minimum absolute atomic E-state index is 0.199. The van der Waals surface area contributed by atoms with Gasteiger partial charge in [-0.3, -0.25) is 4.79 Å². The molecule has 0 saturated heterocycles. The number of hydrogen-bond acceptors (Lipinski definition) is 2. The first kappa shape index (κ1) is 16.8. The number of carbonyl (C=O) groups is 1. The molecule has 3 nitrogen and oxygen atoms in total. The number of halogens is 2. The van der Waals surface area contributed by atoms with Crippen molar-refractivity contribution in [2.75, 3.05) is 6.54 Å². The van der Waals surface area contributed by atoms with Gasteiger partial charge >= 0.3 is 0 Å². The molecular weight excluding hydrogens is 354 g/mol. The van der Waals surface area contributed by atoms with Crippen molar-refractivity contribution in [1.29, 1.82) is 0 Å². The van der Waals surface area contributed by atoms with E-state index in [9.17, 15) is 9.90 Å². The summed E-state index contributed by atoms with van der Waals surface area (Å²) in [5.41, 5.74) is -0.255. The molecule has 0 unspecified atom stereocenters. The van der Waals surface area contributed by atoms with E-state index in [1.165, 1.54) is 6.42 Å². The SMILES string of the molecule is CCC1CCC(O)(CNC(=O)c2ccc(Br)c(Cl)c2)CC1. The molecule has 0 atom stereocenters. The maximum atomic E-state index is 12.1. The lowest BCUT2D eigenvalue weighted by Gasteiger charge is -2.35. The van der Waals surface area contributed by atoms with Crippen LogP contribution in [-0.4, -0.2) is 23.2 Å². The molecule has 1 aromatic rings. The van der Waals surface area contributed by atoms with Crippen LogP contribution >= 0.6 is 27.5 Å². The van der Waals surface area contributed by atoms with Crippen LogP contribution in [0.4, 0.5) is 0 Å². The molecule has 0 spiro atoms. The fraction of sp³-hybridized carbons (Fsp3) is 0.562. The lowest BCUT2D eigenvalue weighted by Crippen LogP contribution is -2.45. The fourth-order valence-electron chi connectivity index (χ4n) is 2.78. The van der Waals surface area contributed by atoms with Crippen LogP contribution in [0.2, 0.25) is 5.02 Å². The first-order valence-corrected chi connectivity index (χ1v) is 8.56. The fourth-order valence-corrected chi connectivity index (χ4v) is 3.21. The first-order chi connectivity index (χ1) is 9.93. The Kier molecular flexibility index (Phi) is 5.69. The zero-order valence-corrected chi connectivity index (χ0v) is 14.5. The van der Waals surface area contributed by atoms with Crippen molar-refractivity contribution in [3.63, 3.8) is 0 Å². The largest absolute Gasteiger partial charge is 0.388 e. The summed E-state index contributed by atoms with van der Waals surface area (Å²) in [6.45, 7) is 2.49. The third-order valence-electron chi connectivity index (χ3n) is 4.37. The molecule has 5 heteroatoms. The molecule has 0 aliphatic heterocycles. The predicted molar refractivity (Wildman–Crippen MR) is 88.7 cm³/mol. The van der Waals surface area contributed by atoms with E-state index in [1.807, 2.05) is 0 Å². The van der Waals surface area contributed by atoms with E-state index in [2.05, 4.69) is 28.2 Å². The summed E-state index contributed by atoms with van der Waals surface area (Å²) in [5.74, 6) is 0.515. The Morgan fingerprint density at radius 2 is 2.14 bits per heavy atom. The Morgan fingerprint density at radius 3 is 2.71 bits per heavy atom. The Hall–Kier alpha value is -0.580. The smallest absolute Gasteiger partial charge is 0.251 e. The third-order valence-corrected chi connectivity index (χ3v) is 5.61. The van der Waals surface area contributed by atoms with Crippen molar-refractivity contribution in [2.24, 2.45) is 5.92 Å². The number of nitrogens with one attached hydrogen (secondary N) is 1. The van der Waals surface area contributed by atoms with E-state index in [1.54, 1.807) is 18.2 Å². The zero-order chi connectivity index (χ0) is 15.5. The normalized spacial score (nSPS) is 25.6. The zero-order valence-electron chi connectivity index (χ0n) is 12.2. The number of benzene rings is 1. The number of rotatable bonds is 4. The molecule has 1 aromatic carbocycles. The second-order valence-corrected chi connectivity index (χ2v) is 7.15. The van der Waals surface area contributed by atoms with Gasteiger partial charge in [-0.25, -0.2) is 0 Å². The maximum Gasteiger partial charge on any atom is 0.251 e. The number of amides is 1. The second-order valence-electron chi connectivity index (χ2n) is 5.89. The van der Waals surface area contributed by atoms with Crippen molar-refractivity contribution in [3.05, 3.63) is 33.3 Å². The van der Waals surface area contributed by atoms with Gasteiger partial charge < -0.3 is 10.4 Å². The van der Waals surface area contributed by atoms with Crippen LogP contribution in [0.3, 0.4) is 0 Å². The average molecular weight is 375 g/mol. The monoisotopic (exact) mass is 373 g/mol. The first-order valence-electron chi connectivity index (χ1n) is 7.39. The van der Waals surface area contributed by atoms with Gasteiger partial charge in [-0.1, -0.05) is 24.9 Å². The van der Waals surface area contributed by atoms with Crippen LogP contribution in [0, 0.1) is 5.92 Å². The molecule has 0 radical (unpaired) electrons. The van der Waals surface area contributed by atoms with Gasteiger partial charge in [0.15, 0.2) is 0 Å². The highest BCUT2D eigenvalue weighted by Gasteiger charge is 2.32. The summed E-state index contributed by atoms with van der Waals surface area (Å²) in [6.07, 6.45) is 4.75. The molecule has 1 amide bonds. The highest BCUT2D eigenvalue weighted by Crippen LogP contribution is 2.33. The molecule has 116 valence electrons. The molecule has 2 N–H and O–H groups in total. The second kappa shape index (κ2) is 7.12. The Bertz CT molecular complexity index is 513. The third kappa shape index (κ3) is 4.44. The van der Waals surface area contributed by atoms with Gasteiger partial charge in [0.1, 0.15) is 0 Å². The van der Waals surface area contributed by atoms with E-state index in [4.69, 9.17) is 11.6 Å². The van der Waals surface area contributed by atoms with Gasteiger partial charge in [-0.05, 0) is 65.7 Å². The Balaban J connectivity index is 1.90. The Labute approximate surface area is 139 Å². The standard InChI is InChI=1S/C16H21BrClNO2/c1-2-11-5-7-16(21,8-6-11)10-19-15(20)12-3-4-13(17)14(18)9-12/h3-4,9,11,21H,2,5-8,10H2,1H3,(H,19,20). The van der Waals surface area contributed by atoms with Crippen LogP contribution in [-0.2, 0) is 0 Å². The number of hydrogen-bond donors (Lipinski definition) is 2. The van der Waals surface area contributed by atoms with Gasteiger partial charge in [-0.15, -0.1) is 0 Å². The lowest BCUT2D eigenvalue weighted by molar-refractivity contribution is -0.00786. The molecule has 1 aliphatic rings. The highest BCUT2D eigenvalue weighted by molar-refractivity contribution is 9.10. The van der Waals surface area contributed by atoms with Crippen molar-refractivity contribution in [3.8, 4) is 0 Å². The van der Waals surface area contributed by atoms with Gasteiger partial charge in [0.05, 0.1) is 10.6 Å². The van der Waals surface area contributed by atoms with Crippen LogP contribution in [0.25, 0.3) is 0 Å². The highest BCUT2D eigenvalue weighted by atomic mass is 79.9. The number of carbonyl (C=O) groups excluding carboxylic acids is 1. The quantitative estimate of drug-likeness (QED) is 0.831. The summed E-state index contributed by atoms with van der Waals surface area (Å²) in [5, 5.41) is 13.9. The summed E-state index contributed by atoms with van der Waals surface area (Å²) >= 11 is 9.29. The molecule has 21 heavy (non-hydrogen) atoms. The van der Waals surface area contributed by atoms with Crippen LogP contribution in [0.15, 0.2) is 22.7 Å². The number of aliphatic hydroxyl groups is 1. The van der Waals surface area contributed by atoms with Gasteiger partial charge in [0.2, 0.25) is 0 Å². The van der Waals surface area contributed by atoms with E-state index >= 15 is 0 Å². The molecule has 1 saturated carbocycles. The average Bonchev–Trinajstić information content (AvgIpc) is 2.48. The molecule has 0 bridgehead atoms. The summed E-state index contributed by atoms with van der Waals surface area (Å²) in [7, 11) is 0. The molecule has 2 rings (SSSR count). The Morgan fingerprint density at radius 1 is 1.48 bits per heavy atom. The molecular formula is C16H21BrClNO2. The van der Waals surface area contributed by atoms with Gasteiger partial charge in [0.25, 0.3) is 5.91 Å². The van der Waals surface area contributed by atoms with E-state index in [0.717, 1.165) is 30.2 Å². The van der Waals surface area contributed by atoms with Crippen molar-refractivity contribution in [2.45, 2.75) is 44.6 Å². The topological polar surface area (TPSA) is 49.3 Å². The summed E-state index contributed by atoms with van der Waals surface area (Å²) < 4.78 is 0.761. The van der Waals surface area contributed by atoms with Crippen molar-refractivity contribution < 1.29 is 9.90 Å². The molecule has 0 heterocycles. The molecule has 1 fully saturated rings. The van der Waals surface area contributed by atoms with Crippen LogP contribution in [0.5, 0.6) is 0 Å². The van der Waals surface area contributed by atoms with E-state index < -0.39 is 5.60 Å². The molecule has 1 aliphatic carbocycles. The summed E-state index contributed by atoms with van der Waals surface area (Å²) in [6, 6.07) is 5.08. The molecule has 0 aromatic heterocycles. The predicted octanol–water partition coefficient (Wildman–Crippen LogP) is 4.16. The minimum Gasteiger partial charge on any atom is -0.388 e. The van der Waals surface area contributed by atoms with Crippen LogP contribution < -0.4 is 5.32 Å². The van der Waals surface area contributed by atoms with Crippen molar-refractivity contribution in [1.82, 2.24) is 5.32 Å². The van der Waals surface area contributed by atoms with Crippen LogP contribution in [0.1, 0.15) is 49.4 Å². The maximum absolute atomic E-state index is 12.1. The summed E-state index contributed by atoms with van der Waals surface area (Å²) in [4.78, 5) is 12.1. The van der Waals surface area contributed by atoms with E-state index in [0.29, 0.717) is 23.0 Å². The lowest BCUT2D eigenvalue weighted by atomic mass is 9.78. The van der Waals surface area contributed by atoms with E-state index in [-0.39, 0.29) is 5.91 Å². The van der Waals surface area contributed by atoms with Gasteiger partial charge in [0, 0.05) is 16.6 Å². The van der Waals surface area contributed by atoms with Gasteiger partial charge in [-0.2, -0.15) is 0 Å². The van der Waals surface area contributed by atoms with Crippen molar-refractivity contribution >= 4 is 33.4 Å².